The Morgan fingerprint density at radius 3 is 2.72 bits per heavy atom. The van der Waals surface area contributed by atoms with Crippen LogP contribution in [0.4, 0.5) is 4.39 Å². The van der Waals surface area contributed by atoms with Gasteiger partial charge in [0.1, 0.15) is 18.2 Å². The predicted molar refractivity (Wildman–Crippen MR) is 89.4 cm³/mol. The van der Waals surface area contributed by atoms with Gasteiger partial charge < -0.3 is 19.9 Å². The van der Waals surface area contributed by atoms with Gasteiger partial charge in [-0.25, -0.2) is 4.39 Å². The summed E-state index contributed by atoms with van der Waals surface area (Å²) in [6.45, 7) is 1.01. The van der Waals surface area contributed by atoms with Crippen molar-refractivity contribution in [2.45, 2.75) is 25.2 Å². The van der Waals surface area contributed by atoms with Gasteiger partial charge >= 0.3 is 0 Å². The van der Waals surface area contributed by atoms with Crippen molar-refractivity contribution in [3.05, 3.63) is 65.5 Å². The topological polar surface area (TPSA) is 67.8 Å². The van der Waals surface area contributed by atoms with Crippen molar-refractivity contribution in [1.29, 1.82) is 0 Å². The van der Waals surface area contributed by atoms with Crippen molar-refractivity contribution in [2.75, 3.05) is 13.2 Å². The lowest BCUT2D eigenvalue weighted by atomic mass is 10.0. The van der Waals surface area contributed by atoms with Crippen molar-refractivity contribution in [2.24, 2.45) is 0 Å². The maximum atomic E-state index is 13.1. The second-order valence-electron chi connectivity index (χ2n) is 6.08. The van der Waals surface area contributed by atoms with Gasteiger partial charge in [0.25, 0.3) is 5.91 Å². The van der Waals surface area contributed by atoms with E-state index in [-0.39, 0.29) is 19.0 Å². The van der Waals surface area contributed by atoms with Gasteiger partial charge in [-0.1, -0.05) is 24.3 Å². The zero-order valence-electron chi connectivity index (χ0n) is 13.7. The molecular formula is C19H20FNO4. The number of carbonyl (C=O) groups excluding carboxylic acids is 1. The number of hydrogen-bond acceptors (Lipinski definition) is 4. The summed E-state index contributed by atoms with van der Waals surface area (Å²) in [7, 11) is 0. The number of rotatable bonds is 6. The minimum absolute atomic E-state index is 0.0334. The number of nitrogens with one attached hydrogen (secondary N) is 1. The standard InChI is InChI=1S/C19H20FNO4/c20-16-3-1-2-15(10-16)12-25-17-6-4-14(5-7-17)11-21-18(22)19(23)8-9-24-13-19/h1-7,10,23H,8-9,11-13H2,(H,21,22)/t19-/m1/s1. The molecule has 5 nitrogen and oxygen atoms in total. The molecule has 1 atom stereocenters. The quantitative estimate of drug-likeness (QED) is 0.842. The molecule has 0 radical (unpaired) electrons. The van der Waals surface area contributed by atoms with Crippen LogP contribution in [0.25, 0.3) is 0 Å². The molecule has 1 saturated heterocycles. The summed E-state index contributed by atoms with van der Waals surface area (Å²) in [5, 5.41) is 12.8. The normalized spacial score (nSPS) is 19.6. The lowest BCUT2D eigenvalue weighted by molar-refractivity contribution is -0.139. The Bertz CT molecular complexity index is 726. The Morgan fingerprint density at radius 2 is 2.04 bits per heavy atom. The fourth-order valence-electron chi connectivity index (χ4n) is 2.58. The van der Waals surface area contributed by atoms with Crippen LogP contribution in [0.5, 0.6) is 5.75 Å². The minimum Gasteiger partial charge on any atom is -0.489 e. The summed E-state index contributed by atoms with van der Waals surface area (Å²) in [5.41, 5.74) is 0.214. The average molecular weight is 345 g/mol. The molecule has 0 saturated carbocycles. The van der Waals surface area contributed by atoms with E-state index in [0.29, 0.717) is 25.3 Å². The maximum Gasteiger partial charge on any atom is 0.254 e. The van der Waals surface area contributed by atoms with Gasteiger partial charge in [-0.2, -0.15) is 0 Å². The average Bonchev–Trinajstić information content (AvgIpc) is 3.07. The summed E-state index contributed by atoms with van der Waals surface area (Å²) < 4.78 is 23.8. The first kappa shape index (κ1) is 17.4. The number of halogens is 1. The summed E-state index contributed by atoms with van der Waals surface area (Å²) in [4.78, 5) is 12.0. The van der Waals surface area contributed by atoms with Crippen LogP contribution in [0.3, 0.4) is 0 Å². The molecule has 1 heterocycles. The second-order valence-corrected chi connectivity index (χ2v) is 6.08. The molecule has 6 heteroatoms. The number of ether oxygens (including phenoxy) is 2. The first-order valence-electron chi connectivity index (χ1n) is 8.10. The summed E-state index contributed by atoms with van der Waals surface area (Å²) in [5.74, 6) is -0.0555. The van der Waals surface area contributed by atoms with Gasteiger partial charge in [0, 0.05) is 13.0 Å². The van der Waals surface area contributed by atoms with E-state index >= 15 is 0 Å². The zero-order valence-corrected chi connectivity index (χ0v) is 13.7. The van der Waals surface area contributed by atoms with E-state index < -0.39 is 11.5 Å². The minimum atomic E-state index is -1.42. The van der Waals surface area contributed by atoms with E-state index in [1.54, 1.807) is 24.3 Å². The molecule has 132 valence electrons. The molecule has 0 spiro atoms. The van der Waals surface area contributed by atoms with Crippen LogP contribution in [-0.4, -0.2) is 29.8 Å². The summed E-state index contributed by atoms with van der Waals surface area (Å²) in [6, 6.07) is 13.5. The molecule has 2 aromatic rings. The van der Waals surface area contributed by atoms with Crippen LogP contribution in [0.15, 0.2) is 48.5 Å². The first-order chi connectivity index (χ1) is 12.0. The highest BCUT2D eigenvalue weighted by atomic mass is 19.1. The second kappa shape index (κ2) is 7.63. The third-order valence-corrected chi connectivity index (χ3v) is 4.09. The highest BCUT2D eigenvalue weighted by Gasteiger charge is 2.39. The number of hydrogen-bond donors (Lipinski definition) is 2. The molecule has 1 amide bonds. The molecule has 0 aromatic heterocycles. The molecule has 1 fully saturated rings. The van der Waals surface area contributed by atoms with Crippen LogP contribution >= 0.6 is 0 Å². The third-order valence-electron chi connectivity index (χ3n) is 4.09. The van der Waals surface area contributed by atoms with E-state index in [2.05, 4.69) is 5.32 Å². The van der Waals surface area contributed by atoms with Crippen LogP contribution < -0.4 is 10.1 Å². The molecule has 0 aliphatic carbocycles. The first-order valence-corrected chi connectivity index (χ1v) is 8.10. The SMILES string of the molecule is O=C(NCc1ccc(OCc2cccc(F)c2)cc1)[C@@]1(O)CCOC1. The largest absolute Gasteiger partial charge is 0.489 e. The van der Waals surface area contributed by atoms with Gasteiger partial charge in [-0.15, -0.1) is 0 Å². The number of carbonyl (C=O) groups is 1. The van der Waals surface area contributed by atoms with E-state index in [1.165, 1.54) is 12.1 Å². The molecule has 3 rings (SSSR count). The Balaban J connectivity index is 1.49. The third kappa shape index (κ3) is 4.55. The number of benzene rings is 2. The Kier molecular flexibility index (Phi) is 5.31. The van der Waals surface area contributed by atoms with Crippen LogP contribution in [0.1, 0.15) is 17.5 Å². The Hall–Kier alpha value is -2.44. The van der Waals surface area contributed by atoms with Crippen LogP contribution in [0, 0.1) is 5.82 Å². The van der Waals surface area contributed by atoms with E-state index in [4.69, 9.17) is 9.47 Å². The van der Waals surface area contributed by atoms with Gasteiger partial charge in [-0.05, 0) is 35.4 Å². The lowest BCUT2D eigenvalue weighted by Gasteiger charge is -2.19. The fraction of sp³-hybridized carbons (Fsp3) is 0.316. The number of aliphatic hydroxyl groups is 1. The van der Waals surface area contributed by atoms with Gasteiger partial charge in [0.2, 0.25) is 0 Å². The highest BCUT2D eigenvalue weighted by Crippen LogP contribution is 2.19. The van der Waals surface area contributed by atoms with Gasteiger partial charge in [0.15, 0.2) is 5.60 Å². The van der Waals surface area contributed by atoms with Gasteiger partial charge in [0.05, 0.1) is 13.2 Å². The lowest BCUT2D eigenvalue weighted by Crippen LogP contribution is -2.47. The van der Waals surface area contributed by atoms with Crippen molar-refractivity contribution in [3.8, 4) is 5.75 Å². The molecule has 1 aliphatic heterocycles. The van der Waals surface area contributed by atoms with Crippen molar-refractivity contribution >= 4 is 5.91 Å². The molecule has 1 aliphatic rings. The maximum absolute atomic E-state index is 13.1. The molecular weight excluding hydrogens is 325 g/mol. The monoisotopic (exact) mass is 345 g/mol. The Labute approximate surface area is 145 Å². The van der Waals surface area contributed by atoms with Gasteiger partial charge in [-0.3, -0.25) is 4.79 Å². The highest BCUT2D eigenvalue weighted by molar-refractivity contribution is 5.85. The number of amides is 1. The molecule has 0 unspecified atom stereocenters. The smallest absolute Gasteiger partial charge is 0.254 e. The summed E-state index contributed by atoms with van der Waals surface area (Å²) in [6.07, 6.45) is 0.311. The molecule has 25 heavy (non-hydrogen) atoms. The van der Waals surface area contributed by atoms with Crippen molar-refractivity contribution in [3.63, 3.8) is 0 Å². The van der Waals surface area contributed by atoms with E-state index in [0.717, 1.165) is 11.1 Å². The van der Waals surface area contributed by atoms with Crippen LogP contribution in [0.2, 0.25) is 0 Å². The van der Waals surface area contributed by atoms with E-state index in [1.807, 2.05) is 12.1 Å². The van der Waals surface area contributed by atoms with Crippen molar-refractivity contribution < 1.29 is 23.8 Å². The van der Waals surface area contributed by atoms with Crippen molar-refractivity contribution in [1.82, 2.24) is 5.32 Å². The van der Waals surface area contributed by atoms with Crippen LogP contribution in [-0.2, 0) is 22.7 Å². The predicted octanol–water partition coefficient (Wildman–Crippen LogP) is 2.17. The zero-order chi connectivity index (χ0) is 17.7. The molecule has 0 bridgehead atoms. The fourth-order valence-corrected chi connectivity index (χ4v) is 2.58. The Morgan fingerprint density at radius 1 is 1.24 bits per heavy atom. The summed E-state index contributed by atoms with van der Waals surface area (Å²) >= 11 is 0. The molecule has 2 aromatic carbocycles. The van der Waals surface area contributed by atoms with E-state index in [9.17, 15) is 14.3 Å². The molecule has 2 N–H and O–H groups in total.